The summed E-state index contributed by atoms with van der Waals surface area (Å²) in [5.74, 6) is 3.48. The van der Waals surface area contributed by atoms with E-state index in [0.717, 1.165) is 61.6 Å². The number of rotatable bonds is 5. The summed E-state index contributed by atoms with van der Waals surface area (Å²) in [6.07, 6.45) is 9.00. The summed E-state index contributed by atoms with van der Waals surface area (Å²) >= 11 is 0. The lowest BCUT2D eigenvalue weighted by molar-refractivity contribution is 0.0526. The van der Waals surface area contributed by atoms with Gasteiger partial charge in [-0.05, 0) is 78.4 Å². The third-order valence-corrected chi connectivity index (χ3v) is 7.60. The number of nitrogens with zero attached hydrogens (tertiary/aromatic N) is 4. The summed E-state index contributed by atoms with van der Waals surface area (Å²) in [6.45, 7) is 8.05. The monoisotopic (exact) mass is 416 g/mol. The van der Waals surface area contributed by atoms with E-state index >= 15 is 0 Å². The Hall–Kier alpha value is -1.60. The fourth-order valence-electron chi connectivity index (χ4n) is 5.51. The molecule has 1 aromatic heterocycles. The molecule has 2 unspecified atom stereocenters. The second-order valence-corrected chi connectivity index (χ2v) is 9.64. The molecule has 2 N–H and O–H groups in total. The maximum atomic E-state index is 5.75. The lowest BCUT2D eigenvalue weighted by Gasteiger charge is -2.47. The summed E-state index contributed by atoms with van der Waals surface area (Å²) in [7, 11) is 4.21. The Morgan fingerprint density at radius 3 is 2.43 bits per heavy atom. The highest BCUT2D eigenvalue weighted by atomic mass is 16.4. The second kappa shape index (κ2) is 9.69. The first kappa shape index (κ1) is 21.6. The van der Waals surface area contributed by atoms with Crippen molar-refractivity contribution < 1.29 is 4.42 Å². The Morgan fingerprint density at radius 2 is 1.83 bits per heavy atom. The maximum absolute atomic E-state index is 5.75. The third-order valence-electron chi connectivity index (χ3n) is 7.60. The zero-order valence-electron chi connectivity index (χ0n) is 19.3. The van der Waals surface area contributed by atoms with Crippen LogP contribution in [0.4, 0.5) is 0 Å². The molecule has 3 aliphatic rings. The highest BCUT2D eigenvalue weighted by molar-refractivity contribution is 5.80. The highest BCUT2D eigenvalue weighted by Gasteiger charge is 2.36. The van der Waals surface area contributed by atoms with E-state index in [1.807, 2.05) is 20.9 Å². The topological polar surface area (TPSA) is 68.9 Å². The SMILES string of the molecule is CN=C(NCC1CCN(Cc2nc(C)c(C)o2)CC1)NC1CC2CCCC(C1)N2C. The standard InChI is InChI=1S/C23H40N6O/c1-16-17(2)30-22(26-16)15-29-10-8-18(9-11-29)14-25-23(24-3)27-19-12-20-6-5-7-21(13-19)28(20)4/h18-21H,5-15H2,1-4H3,(H2,24,25,27). The molecule has 7 nitrogen and oxygen atoms in total. The van der Waals surface area contributed by atoms with Crippen molar-refractivity contribution in [1.82, 2.24) is 25.4 Å². The quantitative estimate of drug-likeness (QED) is 0.568. The van der Waals surface area contributed by atoms with Crippen LogP contribution in [0.1, 0.15) is 62.3 Å². The van der Waals surface area contributed by atoms with Crippen LogP contribution < -0.4 is 10.6 Å². The zero-order chi connectivity index (χ0) is 21.1. The van der Waals surface area contributed by atoms with Gasteiger partial charge in [0.25, 0.3) is 0 Å². The molecule has 3 fully saturated rings. The van der Waals surface area contributed by atoms with Crippen LogP contribution in [-0.2, 0) is 6.54 Å². The van der Waals surface area contributed by atoms with E-state index in [9.17, 15) is 0 Å². The van der Waals surface area contributed by atoms with E-state index in [2.05, 4.69) is 37.5 Å². The number of oxazole rings is 1. The summed E-state index contributed by atoms with van der Waals surface area (Å²) in [5.41, 5.74) is 1.01. The van der Waals surface area contributed by atoms with Gasteiger partial charge in [0.1, 0.15) is 5.76 Å². The van der Waals surface area contributed by atoms with Gasteiger partial charge in [0.05, 0.1) is 12.2 Å². The van der Waals surface area contributed by atoms with E-state index in [1.54, 1.807) is 0 Å². The van der Waals surface area contributed by atoms with Crippen LogP contribution in [0.15, 0.2) is 9.41 Å². The van der Waals surface area contributed by atoms with E-state index in [4.69, 9.17) is 4.42 Å². The lowest BCUT2D eigenvalue weighted by atomic mass is 9.82. The van der Waals surface area contributed by atoms with Crippen LogP contribution in [-0.4, -0.2) is 72.6 Å². The summed E-state index contributed by atoms with van der Waals surface area (Å²) in [4.78, 5) is 14.1. The molecule has 0 aromatic carbocycles. The highest BCUT2D eigenvalue weighted by Crippen LogP contribution is 2.32. The fraction of sp³-hybridized carbons (Fsp3) is 0.826. The van der Waals surface area contributed by atoms with Crippen LogP contribution >= 0.6 is 0 Å². The van der Waals surface area contributed by atoms with E-state index in [0.29, 0.717) is 12.0 Å². The molecule has 0 saturated carbocycles. The van der Waals surface area contributed by atoms with Crippen molar-refractivity contribution in [1.29, 1.82) is 0 Å². The lowest BCUT2D eigenvalue weighted by Crippen LogP contribution is -2.57. The molecule has 4 heterocycles. The molecule has 4 rings (SSSR count). The Labute approximate surface area is 181 Å². The van der Waals surface area contributed by atoms with E-state index < -0.39 is 0 Å². The van der Waals surface area contributed by atoms with Gasteiger partial charge in [-0.1, -0.05) is 6.42 Å². The number of likely N-dealkylation sites (tertiary alicyclic amines) is 1. The molecular formula is C23H40N6O. The Morgan fingerprint density at radius 1 is 1.13 bits per heavy atom. The summed E-state index contributed by atoms with van der Waals surface area (Å²) in [6, 6.07) is 2.04. The first-order chi connectivity index (χ1) is 14.5. The van der Waals surface area contributed by atoms with Gasteiger partial charge in [0, 0.05) is 31.7 Å². The molecule has 168 valence electrons. The van der Waals surface area contributed by atoms with Crippen molar-refractivity contribution in [2.45, 2.75) is 83.5 Å². The fourth-order valence-corrected chi connectivity index (χ4v) is 5.51. The van der Waals surface area contributed by atoms with Crippen molar-refractivity contribution in [3.05, 3.63) is 17.3 Å². The third kappa shape index (κ3) is 5.17. The van der Waals surface area contributed by atoms with Crippen LogP contribution in [0.2, 0.25) is 0 Å². The Bertz CT molecular complexity index is 690. The van der Waals surface area contributed by atoms with Crippen LogP contribution in [0.25, 0.3) is 0 Å². The molecule has 30 heavy (non-hydrogen) atoms. The molecule has 3 aliphatic heterocycles. The molecular weight excluding hydrogens is 376 g/mol. The predicted octanol–water partition coefficient (Wildman–Crippen LogP) is 2.68. The van der Waals surface area contributed by atoms with Gasteiger partial charge >= 0.3 is 0 Å². The average Bonchev–Trinajstić information content (AvgIpc) is 3.03. The van der Waals surface area contributed by atoms with Gasteiger partial charge in [-0.2, -0.15) is 0 Å². The number of piperidine rings is 3. The second-order valence-electron chi connectivity index (χ2n) is 9.64. The van der Waals surface area contributed by atoms with Gasteiger partial charge in [0.15, 0.2) is 5.96 Å². The number of fused-ring (bicyclic) bond motifs is 2. The average molecular weight is 417 g/mol. The van der Waals surface area contributed by atoms with Gasteiger partial charge in [-0.15, -0.1) is 0 Å². The van der Waals surface area contributed by atoms with E-state index in [1.165, 1.54) is 44.9 Å². The number of hydrogen-bond acceptors (Lipinski definition) is 5. The molecule has 0 radical (unpaired) electrons. The molecule has 3 saturated heterocycles. The first-order valence-corrected chi connectivity index (χ1v) is 11.9. The normalized spacial score (nSPS) is 29.2. The first-order valence-electron chi connectivity index (χ1n) is 11.9. The van der Waals surface area contributed by atoms with Gasteiger partial charge in [-0.3, -0.25) is 9.89 Å². The smallest absolute Gasteiger partial charge is 0.208 e. The molecule has 0 aliphatic carbocycles. The van der Waals surface area contributed by atoms with Gasteiger partial charge in [0.2, 0.25) is 5.89 Å². The predicted molar refractivity (Wildman–Crippen MR) is 121 cm³/mol. The van der Waals surface area contributed by atoms with Gasteiger partial charge < -0.3 is 20.0 Å². The number of guanidine groups is 1. The van der Waals surface area contributed by atoms with Crippen molar-refractivity contribution in [3.8, 4) is 0 Å². The molecule has 1 aromatic rings. The number of nitrogens with one attached hydrogen (secondary N) is 2. The molecule has 2 bridgehead atoms. The molecule has 0 amide bonds. The van der Waals surface area contributed by atoms with Crippen LogP contribution in [0.3, 0.4) is 0 Å². The Kier molecular flexibility index (Phi) is 6.98. The maximum Gasteiger partial charge on any atom is 0.208 e. The zero-order valence-corrected chi connectivity index (χ0v) is 19.3. The molecule has 7 heteroatoms. The number of aliphatic imine (C=N–C) groups is 1. The number of aryl methyl sites for hydroxylation is 2. The van der Waals surface area contributed by atoms with Crippen LogP contribution in [0.5, 0.6) is 0 Å². The number of aromatic nitrogens is 1. The summed E-state index contributed by atoms with van der Waals surface area (Å²) in [5, 5.41) is 7.34. The van der Waals surface area contributed by atoms with Crippen molar-refractivity contribution in [2.75, 3.05) is 33.7 Å². The van der Waals surface area contributed by atoms with Crippen molar-refractivity contribution in [2.24, 2.45) is 10.9 Å². The molecule has 2 atom stereocenters. The van der Waals surface area contributed by atoms with Crippen molar-refractivity contribution >= 4 is 5.96 Å². The minimum Gasteiger partial charge on any atom is -0.444 e. The van der Waals surface area contributed by atoms with Gasteiger partial charge in [-0.25, -0.2) is 4.98 Å². The molecule has 0 spiro atoms. The van der Waals surface area contributed by atoms with Crippen LogP contribution in [0, 0.1) is 19.8 Å². The van der Waals surface area contributed by atoms with Crippen molar-refractivity contribution in [3.63, 3.8) is 0 Å². The largest absolute Gasteiger partial charge is 0.444 e. The van der Waals surface area contributed by atoms with E-state index in [-0.39, 0.29) is 0 Å². The minimum atomic E-state index is 0.553. The Balaban J connectivity index is 1.18. The minimum absolute atomic E-state index is 0.553. The summed E-state index contributed by atoms with van der Waals surface area (Å²) < 4.78 is 5.75. The number of hydrogen-bond donors (Lipinski definition) is 2.